The van der Waals surface area contributed by atoms with Crippen LogP contribution in [0.1, 0.15) is 36.4 Å². The smallest absolute Gasteiger partial charge is 0.392 e. The highest BCUT2D eigenvalue weighted by Gasteiger charge is 2.40. The summed E-state index contributed by atoms with van der Waals surface area (Å²) >= 11 is 0. The Hall–Kier alpha value is -1.60. The van der Waals surface area contributed by atoms with E-state index in [0.717, 1.165) is 18.9 Å². The molecule has 23 heavy (non-hydrogen) atoms. The number of halogens is 3. The van der Waals surface area contributed by atoms with Crippen LogP contribution < -0.4 is 5.32 Å². The second kappa shape index (κ2) is 6.13. The molecule has 0 aromatic heterocycles. The van der Waals surface area contributed by atoms with Gasteiger partial charge >= 0.3 is 6.18 Å². The third-order valence-corrected chi connectivity index (χ3v) is 4.30. The lowest BCUT2D eigenvalue weighted by Gasteiger charge is -2.26. The molecule has 0 unspecified atom stereocenters. The van der Waals surface area contributed by atoms with Crippen molar-refractivity contribution >= 4 is 5.91 Å². The maximum atomic E-state index is 13.2. The second-order valence-corrected chi connectivity index (χ2v) is 6.26. The van der Waals surface area contributed by atoms with Crippen LogP contribution in [0, 0.1) is 0 Å². The van der Waals surface area contributed by atoms with E-state index in [1.807, 2.05) is 0 Å². The fourth-order valence-electron chi connectivity index (χ4n) is 3.11. The monoisotopic (exact) mass is 328 g/mol. The predicted octanol–water partition coefficient (Wildman–Crippen LogP) is 2.09. The Bertz CT molecular complexity index is 587. The van der Waals surface area contributed by atoms with Crippen LogP contribution in [-0.4, -0.2) is 41.1 Å². The number of carbonyl (C=O) groups excluding carboxylic acids is 1. The Balaban J connectivity index is 1.80. The Labute approximate surface area is 132 Å². The van der Waals surface area contributed by atoms with Gasteiger partial charge in [0.05, 0.1) is 18.2 Å². The molecule has 1 heterocycles. The van der Waals surface area contributed by atoms with Gasteiger partial charge in [-0.1, -0.05) is 18.2 Å². The number of alkyl halides is 3. The number of nitrogens with zero attached hydrogens (tertiary/aromatic N) is 1. The fourth-order valence-corrected chi connectivity index (χ4v) is 3.11. The van der Waals surface area contributed by atoms with Crippen LogP contribution in [0.4, 0.5) is 13.2 Å². The van der Waals surface area contributed by atoms with Crippen LogP contribution in [0.25, 0.3) is 0 Å². The summed E-state index contributed by atoms with van der Waals surface area (Å²) in [5.41, 5.74) is -0.581. The van der Waals surface area contributed by atoms with Gasteiger partial charge in [0.15, 0.2) is 0 Å². The zero-order valence-electron chi connectivity index (χ0n) is 12.5. The minimum atomic E-state index is -4.45. The van der Waals surface area contributed by atoms with E-state index in [0.29, 0.717) is 0 Å². The first-order chi connectivity index (χ1) is 10.8. The van der Waals surface area contributed by atoms with Crippen molar-refractivity contribution in [3.63, 3.8) is 0 Å². The number of β-amino-alcohol motifs (C(OH)–C–C–N with tert-alkyl or cyclic N) is 1. The molecule has 0 bridgehead atoms. The first-order valence-corrected chi connectivity index (χ1v) is 7.72. The van der Waals surface area contributed by atoms with Gasteiger partial charge in [-0.15, -0.1) is 0 Å². The number of aliphatic hydroxyl groups is 1. The van der Waals surface area contributed by atoms with Gasteiger partial charge in [-0.05, 0) is 30.9 Å². The maximum Gasteiger partial charge on any atom is 0.416 e. The van der Waals surface area contributed by atoms with Gasteiger partial charge in [0.25, 0.3) is 0 Å². The van der Waals surface area contributed by atoms with Crippen LogP contribution >= 0.6 is 0 Å². The van der Waals surface area contributed by atoms with E-state index in [4.69, 9.17) is 0 Å². The van der Waals surface area contributed by atoms with Crippen molar-refractivity contribution in [2.45, 2.75) is 43.6 Å². The molecule has 0 radical (unpaired) electrons. The highest BCUT2D eigenvalue weighted by atomic mass is 19.4. The number of aliphatic hydroxyl groups excluding tert-OH is 1. The molecule has 1 aromatic rings. The van der Waals surface area contributed by atoms with Crippen molar-refractivity contribution in [1.82, 2.24) is 10.2 Å². The average Bonchev–Trinajstić information content (AvgIpc) is 3.20. The van der Waals surface area contributed by atoms with Gasteiger partial charge in [-0.2, -0.15) is 13.2 Å². The number of carbonyl (C=O) groups is 1. The van der Waals surface area contributed by atoms with Gasteiger partial charge < -0.3 is 10.4 Å². The van der Waals surface area contributed by atoms with Gasteiger partial charge in [-0.25, -0.2) is 0 Å². The predicted molar refractivity (Wildman–Crippen MR) is 77.5 cm³/mol. The summed E-state index contributed by atoms with van der Waals surface area (Å²) in [6.07, 6.45) is -3.07. The van der Waals surface area contributed by atoms with E-state index < -0.39 is 23.9 Å². The molecular formula is C16H19F3N2O2. The molecule has 1 aliphatic heterocycles. The van der Waals surface area contributed by atoms with Crippen molar-refractivity contribution in [3.8, 4) is 0 Å². The van der Waals surface area contributed by atoms with E-state index >= 15 is 0 Å². The minimum Gasteiger partial charge on any atom is -0.392 e. The van der Waals surface area contributed by atoms with Crippen LogP contribution in [-0.2, 0) is 11.0 Å². The summed E-state index contributed by atoms with van der Waals surface area (Å²) in [7, 11) is 0. The zero-order valence-corrected chi connectivity index (χ0v) is 12.5. The summed E-state index contributed by atoms with van der Waals surface area (Å²) in [5.74, 6) is -0.198. The number of amides is 1. The summed E-state index contributed by atoms with van der Waals surface area (Å²) in [4.78, 5) is 13.6. The molecule has 7 heteroatoms. The van der Waals surface area contributed by atoms with Crippen LogP contribution in [0.3, 0.4) is 0 Å². The van der Waals surface area contributed by atoms with E-state index in [1.165, 1.54) is 12.1 Å². The molecule has 1 aliphatic carbocycles. The van der Waals surface area contributed by atoms with Crippen LogP contribution in [0.15, 0.2) is 24.3 Å². The lowest BCUT2D eigenvalue weighted by Crippen LogP contribution is -2.38. The number of likely N-dealkylation sites (tertiary alicyclic amines) is 1. The minimum absolute atomic E-state index is 0.00438. The summed E-state index contributed by atoms with van der Waals surface area (Å²) in [6.45, 7) is 0.208. The Kier molecular flexibility index (Phi) is 4.33. The summed E-state index contributed by atoms with van der Waals surface area (Å²) < 4.78 is 39.6. The van der Waals surface area contributed by atoms with Crippen molar-refractivity contribution in [2.75, 3.05) is 13.1 Å². The van der Waals surface area contributed by atoms with Crippen molar-refractivity contribution < 1.29 is 23.1 Å². The molecule has 1 saturated heterocycles. The molecule has 2 aliphatic rings. The normalized spacial score (nSPS) is 25.6. The fraction of sp³-hybridized carbons (Fsp3) is 0.562. The van der Waals surface area contributed by atoms with Gasteiger partial charge in [-0.3, -0.25) is 9.69 Å². The van der Waals surface area contributed by atoms with E-state index in [2.05, 4.69) is 5.32 Å². The van der Waals surface area contributed by atoms with Gasteiger partial charge in [0.2, 0.25) is 5.91 Å². The van der Waals surface area contributed by atoms with E-state index in [1.54, 1.807) is 11.0 Å². The number of rotatable bonds is 4. The van der Waals surface area contributed by atoms with E-state index in [9.17, 15) is 23.1 Å². The molecule has 1 aromatic carbocycles. The second-order valence-electron chi connectivity index (χ2n) is 6.26. The van der Waals surface area contributed by atoms with Gasteiger partial charge in [0.1, 0.15) is 0 Å². The SMILES string of the molecule is O=C(CN1C[C@H](O)C[C@H]1c1ccccc1C(F)(F)F)NC1CC1. The number of nitrogens with one attached hydrogen (secondary N) is 1. The quantitative estimate of drug-likeness (QED) is 0.890. The molecule has 1 amide bonds. The zero-order chi connectivity index (χ0) is 16.6. The summed E-state index contributed by atoms with van der Waals surface area (Å²) in [5, 5.41) is 12.7. The third-order valence-electron chi connectivity index (χ3n) is 4.30. The van der Waals surface area contributed by atoms with Crippen LogP contribution in [0.5, 0.6) is 0 Å². The molecule has 0 spiro atoms. The van der Waals surface area contributed by atoms with Crippen molar-refractivity contribution in [3.05, 3.63) is 35.4 Å². The Morgan fingerprint density at radius 2 is 2.00 bits per heavy atom. The first-order valence-electron chi connectivity index (χ1n) is 7.72. The molecule has 2 fully saturated rings. The highest BCUT2D eigenvalue weighted by molar-refractivity contribution is 5.78. The van der Waals surface area contributed by atoms with Gasteiger partial charge in [0, 0.05) is 18.6 Å². The maximum absolute atomic E-state index is 13.2. The lowest BCUT2D eigenvalue weighted by atomic mass is 9.97. The summed E-state index contributed by atoms with van der Waals surface area (Å²) in [6, 6.07) is 4.98. The molecule has 4 nitrogen and oxygen atoms in total. The first kappa shape index (κ1) is 16.3. The van der Waals surface area contributed by atoms with Crippen LogP contribution in [0.2, 0.25) is 0 Å². The molecule has 126 valence electrons. The van der Waals surface area contributed by atoms with Crippen molar-refractivity contribution in [2.24, 2.45) is 0 Å². The lowest BCUT2D eigenvalue weighted by molar-refractivity contribution is -0.138. The largest absolute Gasteiger partial charge is 0.416 e. The molecule has 2 N–H and O–H groups in total. The Morgan fingerprint density at radius 3 is 2.65 bits per heavy atom. The van der Waals surface area contributed by atoms with Crippen molar-refractivity contribution in [1.29, 1.82) is 0 Å². The molecular weight excluding hydrogens is 309 g/mol. The molecule has 2 atom stereocenters. The number of hydrogen-bond acceptors (Lipinski definition) is 3. The topological polar surface area (TPSA) is 52.6 Å². The van der Waals surface area contributed by atoms with E-state index in [-0.39, 0.29) is 37.0 Å². The average molecular weight is 328 g/mol. The third kappa shape index (κ3) is 3.84. The highest BCUT2D eigenvalue weighted by Crippen LogP contribution is 2.40. The molecule has 1 saturated carbocycles. The molecule has 3 rings (SSSR count). The number of benzene rings is 1. The number of hydrogen-bond donors (Lipinski definition) is 2. The standard InChI is InChI=1S/C16H19F3N2O2/c17-16(18,19)13-4-2-1-3-12(13)14-7-11(22)8-21(14)9-15(23)20-10-5-6-10/h1-4,10-11,14,22H,5-9H2,(H,20,23)/t11-,14+/m1/s1. The Morgan fingerprint density at radius 1 is 1.30 bits per heavy atom.